The first-order valence-electron chi connectivity index (χ1n) is 5.91. The largest absolute Gasteiger partial charge is 0.319 e. The average Bonchev–Trinajstić information content (AvgIpc) is 3.06. The first kappa shape index (κ1) is 10.2. The smallest absolute Gasteiger partial charge is 0.0969 e. The van der Waals surface area contributed by atoms with E-state index in [-0.39, 0.29) is 0 Å². The van der Waals surface area contributed by atoms with E-state index in [2.05, 4.69) is 23.5 Å². The van der Waals surface area contributed by atoms with Gasteiger partial charge in [-0.25, -0.2) is 4.98 Å². The van der Waals surface area contributed by atoms with Gasteiger partial charge in [-0.3, -0.25) is 0 Å². The molecule has 0 unspecified atom stereocenters. The Morgan fingerprint density at radius 2 is 2.31 bits per heavy atom. The Bertz CT molecular complexity index is 500. The van der Waals surface area contributed by atoms with Crippen LogP contribution in [0.1, 0.15) is 29.3 Å². The van der Waals surface area contributed by atoms with E-state index in [1.165, 1.54) is 33.6 Å². The van der Waals surface area contributed by atoms with Crippen LogP contribution in [0.25, 0.3) is 10.2 Å². The summed E-state index contributed by atoms with van der Waals surface area (Å²) in [5.74, 6) is 0.776. The molecule has 3 rings (SSSR count). The second-order valence-corrected chi connectivity index (χ2v) is 5.54. The summed E-state index contributed by atoms with van der Waals surface area (Å²) < 4.78 is 1.34. The van der Waals surface area contributed by atoms with Gasteiger partial charge in [0.25, 0.3) is 0 Å². The van der Waals surface area contributed by atoms with Crippen molar-refractivity contribution in [3.63, 3.8) is 0 Å². The number of aromatic nitrogens is 1. The van der Waals surface area contributed by atoms with Crippen LogP contribution in [0, 0.1) is 0 Å². The lowest BCUT2D eigenvalue weighted by molar-refractivity contribution is 0.792. The number of hydrogen-bond donors (Lipinski definition) is 1. The molecule has 1 aliphatic rings. The van der Waals surface area contributed by atoms with Crippen LogP contribution >= 0.6 is 11.3 Å². The Hall–Kier alpha value is -0.930. The molecule has 0 amide bonds. The third-order valence-electron chi connectivity index (χ3n) is 3.06. The minimum atomic E-state index is 0.776. The van der Waals surface area contributed by atoms with Crippen LogP contribution in [0.4, 0.5) is 0 Å². The van der Waals surface area contributed by atoms with Gasteiger partial charge in [0.15, 0.2) is 0 Å². The molecule has 84 valence electrons. The lowest BCUT2D eigenvalue weighted by atomic mass is 10.1. The van der Waals surface area contributed by atoms with Crippen LogP contribution < -0.4 is 5.32 Å². The molecule has 16 heavy (non-hydrogen) atoms. The summed E-state index contributed by atoms with van der Waals surface area (Å²) in [6.45, 7) is 1.03. The summed E-state index contributed by atoms with van der Waals surface area (Å²) >= 11 is 1.87. The van der Waals surface area contributed by atoms with Crippen LogP contribution in [0.2, 0.25) is 0 Å². The molecule has 0 radical (unpaired) electrons. The molecule has 1 aromatic carbocycles. The van der Waals surface area contributed by atoms with Crippen LogP contribution in [-0.4, -0.2) is 18.6 Å². The Morgan fingerprint density at radius 1 is 1.44 bits per heavy atom. The zero-order chi connectivity index (χ0) is 11.0. The Balaban J connectivity index is 1.90. The molecule has 1 N–H and O–H groups in total. The molecule has 1 aliphatic carbocycles. The fraction of sp³-hybridized carbons (Fsp3) is 0.462. The topological polar surface area (TPSA) is 24.9 Å². The van der Waals surface area contributed by atoms with Gasteiger partial charge in [0.2, 0.25) is 0 Å². The summed E-state index contributed by atoms with van der Waals surface area (Å²) in [5.41, 5.74) is 2.58. The van der Waals surface area contributed by atoms with E-state index < -0.39 is 0 Å². The van der Waals surface area contributed by atoms with Crippen LogP contribution in [0.3, 0.4) is 0 Å². The highest BCUT2D eigenvalue weighted by Gasteiger charge is 2.26. The maximum absolute atomic E-state index is 4.74. The molecule has 1 fully saturated rings. The fourth-order valence-corrected chi connectivity index (χ4v) is 3.04. The SMILES string of the molecule is CNCCc1ccc2sc(C3CC3)nc2c1. The van der Waals surface area contributed by atoms with Crippen molar-refractivity contribution in [1.29, 1.82) is 0 Å². The number of hydrogen-bond acceptors (Lipinski definition) is 3. The Morgan fingerprint density at radius 3 is 3.06 bits per heavy atom. The van der Waals surface area contributed by atoms with Crippen molar-refractivity contribution < 1.29 is 0 Å². The lowest BCUT2D eigenvalue weighted by Gasteiger charge is -1.99. The van der Waals surface area contributed by atoms with Gasteiger partial charge in [0, 0.05) is 5.92 Å². The van der Waals surface area contributed by atoms with E-state index >= 15 is 0 Å². The molecule has 1 heterocycles. The lowest BCUT2D eigenvalue weighted by Crippen LogP contribution is -2.10. The van der Waals surface area contributed by atoms with Crippen molar-refractivity contribution >= 4 is 21.6 Å². The van der Waals surface area contributed by atoms with E-state index in [0.29, 0.717) is 0 Å². The van der Waals surface area contributed by atoms with E-state index in [9.17, 15) is 0 Å². The third kappa shape index (κ3) is 1.97. The van der Waals surface area contributed by atoms with Gasteiger partial charge in [-0.2, -0.15) is 0 Å². The molecule has 3 heteroatoms. The van der Waals surface area contributed by atoms with Crippen molar-refractivity contribution in [3.8, 4) is 0 Å². The molecule has 0 saturated heterocycles. The van der Waals surface area contributed by atoms with Crippen molar-refractivity contribution in [2.75, 3.05) is 13.6 Å². The molecule has 0 atom stereocenters. The minimum absolute atomic E-state index is 0.776. The van der Waals surface area contributed by atoms with Gasteiger partial charge < -0.3 is 5.32 Å². The van der Waals surface area contributed by atoms with Crippen molar-refractivity contribution in [2.45, 2.75) is 25.2 Å². The molecule has 0 spiro atoms. The third-order valence-corrected chi connectivity index (χ3v) is 4.26. The number of nitrogens with one attached hydrogen (secondary N) is 1. The molecular formula is C13H16N2S. The normalized spacial score (nSPS) is 15.8. The first-order valence-corrected chi connectivity index (χ1v) is 6.72. The molecule has 0 aliphatic heterocycles. The summed E-state index contributed by atoms with van der Waals surface area (Å²) in [6, 6.07) is 6.70. The highest BCUT2D eigenvalue weighted by Crippen LogP contribution is 2.43. The van der Waals surface area contributed by atoms with Gasteiger partial charge in [-0.1, -0.05) is 6.07 Å². The highest BCUT2D eigenvalue weighted by molar-refractivity contribution is 7.18. The van der Waals surface area contributed by atoms with E-state index in [0.717, 1.165) is 18.9 Å². The number of nitrogens with zero attached hydrogens (tertiary/aromatic N) is 1. The summed E-state index contributed by atoms with van der Waals surface area (Å²) in [7, 11) is 1.99. The molecular weight excluding hydrogens is 216 g/mol. The zero-order valence-electron chi connectivity index (χ0n) is 9.49. The van der Waals surface area contributed by atoms with Crippen molar-refractivity contribution in [1.82, 2.24) is 10.3 Å². The van der Waals surface area contributed by atoms with E-state index in [1.807, 2.05) is 18.4 Å². The zero-order valence-corrected chi connectivity index (χ0v) is 10.3. The summed E-state index contributed by atoms with van der Waals surface area (Å²) in [4.78, 5) is 4.74. The van der Waals surface area contributed by atoms with Crippen molar-refractivity contribution in [2.24, 2.45) is 0 Å². The van der Waals surface area contributed by atoms with Gasteiger partial charge in [0.05, 0.1) is 15.2 Å². The number of benzene rings is 1. The average molecular weight is 232 g/mol. The van der Waals surface area contributed by atoms with E-state index in [1.54, 1.807) is 0 Å². The minimum Gasteiger partial charge on any atom is -0.319 e. The summed E-state index contributed by atoms with van der Waals surface area (Å²) in [6.07, 6.45) is 3.77. The van der Waals surface area contributed by atoms with Gasteiger partial charge in [-0.15, -0.1) is 11.3 Å². The predicted octanol–water partition coefficient (Wildman–Crippen LogP) is 2.94. The monoisotopic (exact) mass is 232 g/mol. The fourth-order valence-electron chi connectivity index (χ4n) is 1.92. The molecule has 2 aromatic rings. The number of fused-ring (bicyclic) bond motifs is 1. The molecule has 2 nitrogen and oxygen atoms in total. The second-order valence-electron chi connectivity index (χ2n) is 4.48. The summed E-state index contributed by atoms with van der Waals surface area (Å²) in [5, 5.41) is 4.53. The standard InChI is InChI=1S/C13H16N2S/c1-14-7-6-9-2-5-12-11(8-9)15-13(16-12)10-3-4-10/h2,5,8,10,14H,3-4,6-7H2,1H3. The maximum Gasteiger partial charge on any atom is 0.0969 e. The van der Waals surface area contributed by atoms with Gasteiger partial charge in [0.1, 0.15) is 0 Å². The number of thiazole rings is 1. The molecule has 0 bridgehead atoms. The van der Waals surface area contributed by atoms with E-state index in [4.69, 9.17) is 4.98 Å². The predicted molar refractivity (Wildman–Crippen MR) is 69.2 cm³/mol. The second kappa shape index (κ2) is 4.15. The quantitative estimate of drug-likeness (QED) is 0.876. The van der Waals surface area contributed by atoms with Gasteiger partial charge in [-0.05, 0) is 50.6 Å². The first-order chi connectivity index (χ1) is 7.86. The van der Waals surface area contributed by atoms with Crippen LogP contribution in [0.15, 0.2) is 18.2 Å². The number of rotatable bonds is 4. The van der Waals surface area contributed by atoms with Gasteiger partial charge >= 0.3 is 0 Å². The number of likely N-dealkylation sites (N-methyl/N-ethyl adjacent to an activating group) is 1. The molecule has 1 aromatic heterocycles. The Labute approximate surface area is 99.7 Å². The highest BCUT2D eigenvalue weighted by atomic mass is 32.1. The van der Waals surface area contributed by atoms with Crippen LogP contribution in [0.5, 0.6) is 0 Å². The molecule has 1 saturated carbocycles. The Kier molecular flexibility index (Phi) is 2.65. The maximum atomic E-state index is 4.74. The van der Waals surface area contributed by atoms with Crippen molar-refractivity contribution in [3.05, 3.63) is 28.8 Å². The van der Waals surface area contributed by atoms with Crippen LogP contribution in [-0.2, 0) is 6.42 Å².